The molecule has 2 heterocycles. The summed E-state index contributed by atoms with van der Waals surface area (Å²) in [4.78, 5) is 26.0. The van der Waals surface area contributed by atoms with E-state index in [1.165, 1.54) is 0 Å². The number of rotatable bonds is 4. The van der Waals surface area contributed by atoms with Gasteiger partial charge in [-0.1, -0.05) is 11.6 Å². The molecule has 0 radical (unpaired) electrons. The van der Waals surface area contributed by atoms with Gasteiger partial charge in [0.2, 0.25) is 5.91 Å². The second kappa shape index (κ2) is 8.61. The first-order valence-electron chi connectivity index (χ1n) is 9.73. The van der Waals surface area contributed by atoms with E-state index >= 15 is 0 Å². The maximum absolute atomic E-state index is 13.1. The molecule has 0 bridgehead atoms. The molecular formula is C20H26ClN5O4. The highest BCUT2D eigenvalue weighted by molar-refractivity contribution is 6.33. The first-order valence-corrected chi connectivity index (χ1v) is 10.1. The van der Waals surface area contributed by atoms with Gasteiger partial charge in [0.05, 0.1) is 11.7 Å². The van der Waals surface area contributed by atoms with E-state index in [9.17, 15) is 9.59 Å². The average molecular weight is 436 g/mol. The Bertz CT molecular complexity index is 975. The van der Waals surface area contributed by atoms with Crippen molar-refractivity contribution in [1.29, 1.82) is 5.41 Å². The number of hydrogen-bond acceptors (Lipinski definition) is 6. The molecule has 0 spiro atoms. The van der Waals surface area contributed by atoms with Crippen LogP contribution in [0, 0.1) is 5.41 Å². The van der Waals surface area contributed by atoms with Crippen LogP contribution in [0.3, 0.4) is 0 Å². The summed E-state index contributed by atoms with van der Waals surface area (Å²) in [7, 11) is 0. The van der Waals surface area contributed by atoms with Crippen molar-refractivity contribution in [1.82, 2.24) is 15.1 Å². The van der Waals surface area contributed by atoms with Crippen molar-refractivity contribution in [3.63, 3.8) is 0 Å². The number of nitrogens with one attached hydrogen (secondary N) is 2. The maximum atomic E-state index is 13.1. The molecule has 1 amide bonds. The molecule has 0 saturated carbocycles. The van der Waals surface area contributed by atoms with E-state index in [4.69, 9.17) is 32.2 Å². The molecule has 1 aromatic carbocycles. The van der Waals surface area contributed by atoms with Gasteiger partial charge in [0.1, 0.15) is 5.60 Å². The number of guanidine groups is 1. The van der Waals surface area contributed by atoms with E-state index < -0.39 is 29.4 Å². The number of amides is 1. The van der Waals surface area contributed by atoms with Gasteiger partial charge in [0.15, 0.2) is 18.1 Å². The van der Waals surface area contributed by atoms with Crippen LogP contribution in [0.1, 0.15) is 57.7 Å². The van der Waals surface area contributed by atoms with E-state index in [1.807, 2.05) is 0 Å². The third-order valence-electron chi connectivity index (χ3n) is 4.63. The minimum Gasteiger partial charge on any atom is -0.459 e. The van der Waals surface area contributed by atoms with E-state index in [0.29, 0.717) is 17.5 Å². The van der Waals surface area contributed by atoms with Crippen LogP contribution in [-0.4, -0.2) is 39.8 Å². The predicted octanol–water partition coefficient (Wildman–Crippen LogP) is 2.82. The number of aromatic nitrogens is 2. The fraction of sp³-hybridized carbons (Fsp3) is 0.500. The largest absolute Gasteiger partial charge is 0.459 e. The second-order valence-corrected chi connectivity index (χ2v) is 8.59. The van der Waals surface area contributed by atoms with Crippen LogP contribution < -0.4 is 11.1 Å². The van der Waals surface area contributed by atoms with Gasteiger partial charge in [-0.15, -0.1) is 0 Å². The molecule has 1 fully saturated rings. The zero-order valence-corrected chi connectivity index (χ0v) is 18.0. The van der Waals surface area contributed by atoms with Crippen LogP contribution in [0.4, 0.5) is 0 Å². The summed E-state index contributed by atoms with van der Waals surface area (Å²) in [6, 6.07) is 3.37. The van der Waals surface area contributed by atoms with Crippen LogP contribution >= 0.6 is 11.6 Å². The number of carbonyl (C=O) groups is 2. The lowest BCUT2D eigenvalue weighted by molar-refractivity contribution is -0.158. The standard InChI is InChI=1S/C20H26ClN5O4/c1-20(2,3)30-18(28)15(17(27)25-19(22)23)14-12(21)8-7-11-10-24-26(16(11)14)13-6-4-5-9-29-13/h7-8,10,13,15H,4-6,9H2,1-3H3,(H4,22,23,25,27). The average Bonchev–Trinajstić information content (AvgIpc) is 3.06. The number of carbonyl (C=O) groups excluding carboxylic acids is 2. The van der Waals surface area contributed by atoms with Gasteiger partial charge in [0, 0.05) is 22.6 Å². The normalized spacial score (nSPS) is 18.1. The van der Waals surface area contributed by atoms with Crippen molar-refractivity contribution in [3.05, 3.63) is 28.9 Å². The minimum absolute atomic E-state index is 0.203. The van der Waals surface area contributed by atoms with Gasteiger partial charge >= 0.3 is 5.97 Å². The van der Waals surface area contributed by atoms with Gasteiger partial charge in [-0.05, 0) is 52.2 Å². The molecule has 162 valence electrons. The topological polar surface area (TPSA) is 132 Å². The Labute approximate surface area is 179 Å². The van der Waals surface area contributed by atoms with Gasteiger partial charge in [-0.25, -0.2) is 4.68 Å². The summed E-state index contributed by atoms with van der Waals surface area (Å²) in [5.74, 6) is -3.62. The molecular weight excluding hydrogens is 410 g/mol. The molecule has 1 aliphatic rings. The number of hydrogen-bond donors (Lipinski definition) is 3. The summed E-state index contributed by atoms with van der Waals surface area (Å²) in [5, 5.41) is 15.0. The number of nitrogens with zero attached hydrogens (tertiary/aromatic N) is 2. The molecule has 3 rings (SSSR count). The SMILES string of the molecule is CC(C)(C)OC(=O)C(C(=O)NC(=N)N)c1c(Cl)ccc2cnn(C3CCCCO3)c12. The van der Waals surface area contributed by atoms with Crippen molar-refractivity contribution in [2.24, 2.45) is 5.73 Å². The van der Waals surface area contributed by atoms with Crippen LogP contribution in [0.2, 0.25) is 5.02 Å². The highest BCUT2D eigenvalue weighted by Crippen LogP contribution is 2.37. The molecule has 2 atom stereocenters. The zero-order valence-electron chi connectivity index (χ0n) is 17.2. The highest BCUT2D eigenvalue weighted by atomic mass is 35.5. The lowest BCUT2D eigenvalue weighted by atomic mass is 9.95. The number of benzene rings is 1. The smallest absolute Gasteiger partial charge is 0.323 e. The quantitative estimate of drug-likeness (QED) is 0.293. The Morgan fingerprint density at radius 1 is 1.40 bits per heavy atom. The Kier molecular flexibility index (Phi) is 6.33. The monoisotopic (exact) mass is 435 g/mol. The van der Waals surface area contributed by atoms with E-state index in [-0.39, 0.29) is 16.8 Å². The number of fused-ring (bicyclic) bond motifs is 1. The molecule has 9 nitrogen and oxygen atoms in total. The fourth-order valence-electron chi connectivity index (χ4n) is 3.47. The Balaban J connectivity index is 2.18. The van der Waals surface area contributed by atoms with Crippen LogP contribution in [-0.2, 0) is 19.1 Å². The summed E-state index contributed by atoms with van der Waals surface area (Å²) < 4.78 is 13.0. The molecule has 10 heteroatoms. The van der Waals surface area contributed by atoms with Crippen molar-refractivity contribution < 1.29 is 19.1 Å². The highest BCUT2D eigenvalue weighted by Gasteiger charge is 2.37. The molecule has 0 aliphatic carbocycles. The minimum atomic E-state index is -1.44. The van der Waals surface area contributed by atoms with Gasteiger partial charge < -0.3 is 15.2 Å². The zero-order chi connectivity index (χ0) is 22.1. The number of ether oxygens (including phenoxy) is 2. The molecule has 1 aromatic heterocycles. The van der Waals surface area contributed by atoms with Crippen molar-refractivity contribution in [3.8, 4) is 0 Å². The Hall–Kier alpha value is -2.65. The van der Waals surface area contributed by atoms with Crippen molar-refractivity contribution >= 4 is 40.3 Å². The predicted molar refractivity (Wildman–Crippen MR) is 112 cm³/mol. The molecule has 2 aromatic rings. The molecule has 30 heavy (non-hydrogen) atoms. The third kappa shape index (κ3) is 4.73. The van der Waals surface area contributed by atoms with Crippen LogP contribution in [0.25, 0.3) is 10.9 Å². The molecule has 1 aliphatic heterocycles. The second-order valence-electron chi connectivity index (χ2n) is 8.18. The number of nitrogens with two attached hydrogens (primary N) is 1. The first-order chi connectivity index (χ1) is 14.1. The molecule has 4 N–H and O–H groups in total. The van der Waals surface area contributed by atoms with E-state index in [0.717, 1.165) is 19.3 Å². The summed E-state index contributed by atoms with van der Waals surface area (Å²) in [5.41, 5.74) is 5.27. The summed E-state index contributed by atoms with van der Waals surface area (Å²) in [6.07, 6.45) is 4.00. The van der Waals surface area contributed by atoms with Crippen LogP contribution in [0.15, 0.2) is 18.3 Å². The lowest BCUT2D eigenvalue weighted by Crippen LogP contribution is -2.43. The summed E-state index contributed by atoms with van der Waals surface area (Å²) >= 11 is 6.51. The van der Waals surface area contributed by atoms with Gasteiger partial charge in [-0.2, -0.15) is 5.10 Å². The van der Waals surface area contributed by atoms with E-state index in [2.05, 4.69) is 10.4 Å². The first kappa shape index (κ1) is 22.0. The van der Waals surface area contributed by atoms with Crippen molar-refractivity contribution in [2.75, 3.05) is 6.61 Å². The summed E-state index contributed by atoms with van der Waals surface area (Å²) in [6.45, 7) is 5.70. The Morgan fingerprint density at radius 2 is 2.13 bits per heavy atom. The third-order valence-corrected chi connectivity index (χ3v) is 4.95. The molecule has 1 saturated heterocycles. The number of halogens is 1. The van der Waals surface area contributed by atoms with Gasteiger partial charge in [-0.3, -0.25) is 20.3 Å². The van der Waals surface area contributed by atoms with E-state index in [1.54, 1.807) is 43.8 Å². The fourth-order valence-corrected chi connectivity index (χ4v) is 3.74. The van der Waals surface area contributed by atoms with Crippen LogP contribution in [0.5, 0.6) is 0 Å². The lowest BCUT2D eigenvalue weighted by Gasteiger charge is -2.27. The molecule has 2 unspecified atom stereocenters. The number of esters is 1. The van der Waals surface area contributed by atoms with Gasteiger partial charge in [0.25, 0.3) is 0 Å². The van der Waals surface area contributed by atoms with Crippen molar-refractivity contribution in [2.45, 2.75) is 57.8 Å². The Morgan fingerprint density at radius 3 is 2.73 bits per heavy atom. The maximum Gasteiger partial charge on any atom is 0.323 e.